The maximum atomic E-state index is 13.0. The van der Waals surface area contributed by atoms with E-state index in [1.807, 2.05) is 44.2 Å². The minimum absolute atomic E-state index is 0.0153. The molecule has 2 aromatic carbocycles. The molecule has 0 fully saturated rings. The van der Waals surface area contributed by atoms with Gasteiger partial charge in [-0.25, -0.2) is 0 Å². The molecular weight excluding hydrogens is 368 g/mol. The van der Waals surface area contributed by atoms with Crippen molar-refractivity contribution >= 4 is 23.6 Å². The molecular formula is C23H30N2O2S. The first kappa shape index (κ1) is 22.0. The number of carbonyl (C=O) groups is 2. The second-order valence-corrected chi connectivity index (χ2v) is 7.91. The summed E-state index contributed by atoms with van der Waals surface area (Å²) in [6, 6.07) is 17.7. The highest BCUT2D eigenvalue weighted by atomic mass is 32.2. The van der Waals surface area contributed by atoms with Gasteiger partial charge in [-0.3, -0.25) is 9.59 Å². The number of nitrogens with one attached hydrogen (secondary N) is 1. The van der Waals surface area contributed by atoms with E-state index in [9.17, 15) is 9.59 Å². The van der Waals surface area contributed by atoms with Crippen LogP contribution >= 0.6 is 11.8 Å². The van der Waals surface area contributed by atoms with E-state index in [1.54, 1.807) is 16.7 Å². The predicted molar refractivity (Wildman–Crippen MR) is 116 cm³/mol. The third-order valence-corrected chi connectivity index (χ3v) is 5.55. The van der Waals surface area contributed by atoms with Crippen LogP contribution in [-0.4, -0.2) is 35.1 Å². The van der Waals surface area contributed by atoms with Crippen molar-refractivity contribution in [2.45, 2.75) is 51.1 Å². The predicted octanol–water partition coefficient (Wildman–Crippen LogP) is 4.42. The van der Waals surface area contributed by atoms with Crippen LogP contribution in [0.15, 0.2) is 59.5 Å². The van der Waals surface area contributed by atoms with Crippen molar-refractivity contribution in [2.24, 2.45) is 0 Å². The third-order valence-electron chi connectivity index (χ3n) is 4.54. The highest BCUT2D eigenvalue weighted by Gasteiger charge is 2.27. The molecule has 0 spiro atoms. The zero-order chi connectivity index (χ0) is 20.4. The summed E-state index contributed by atoms with van der Waals surface area (Å²) in [6.45, 7) is 6.92. The Hall–Kier alpha value is -2.27. The van der Waals surface area contributed by atoms with E-state index in [0.717, 1.165) is 10.5 Å². The van der Waals surface area contributed by atoms with Crippen LogP contribution in [0.1, 0.15) is 37.8 Å². The molecule has 0 aliphatic carbocycles. The largest absolute Gasteiger partial charge is 0.355 e. The van der Waals surface area contributed by atoms with Gasteiger partial charge in [-0.2, -0.15) is 0 Å². The molecule has 0 aliphatic heterocycles. The summed E-state index contributed by atoms with van der Waals surface area (Å²) < 4.78 is 0. The van der Waals surface area contributed by atoms with Gasteiger partial charge in [0.2, 0.25) is 11.8 Å². The zero-order valence-corrected chi connectivity index (χ0v) is 17.8. The molecule has 1 N–H and O–H groups in total. The van der Waals surface area contributed by atoms with Crippen LogP contribution in [-0.2, 0) is 16.1 Å². The van der Waals surface area contributed by atoms with Crippen LogP contribution in [0.4, 0.5) is 0 Å². The van der Waals surface area contributed by atoms with Crippen LogP contribution in [0.2, 0.25) is 0 Å². The molecule has 0 unspecified atom stereocenters. The molecule has 5 heteroatoms. The summed E-state index contributed by atoms with van der Waals surface area (Å²) in [4.78, 5) is 28.4. The second kappa shape index (κ2) is 11.5. The van der Waals surface area contributed by atoms with E-state index in [0.29, 0.717) is 31.7 Å². The number of benzene rings is 2. The second-order valence-electron chi connectivity index (χ2n) is 6.74. The lowest BCUT2D eigenvalue weighted by Gasteiger charge is -2.30. The number of carbonyl (C=O) groups excluding carboxylic acids is 2. The van der Waals surface area contributed by atoms with Gasteiger partial charge < -0.3 is 10.2 Å². The van der Waals surface area contributed by atoms with Crippen LogP contribution in [0.25, 0.3) is 0 Å². The monoisotopic (exact) mass is 398 g/mol. The summed E-state index contributed by atoms with van der Waals surface area (Å²) in [5.41, 5.74) is 2.26. The van der Waals surface area contributed by atoms with E-state index < -0.39 is 6.04 Å². The van der Waals surface area contributed by atoms with Crippen molar-refractivity contribution in [3.8, 4) is 0 Å². The Morgan fingerprint density at radius 3 is 2.32 bits per heavy atom. The summed E-state index contributed by atoms with van der Waals surface area (Å²) in [5, 5.41) is 2.87. The Morgan fingerprint density at radius 2 is 1.71 bits per heavy atom. The van der Waals surface area contributed by atoms with Gasteiger partial charge in [0.1, 0.15) is 6.04 Å². The van der Waals surface area contributed by atoms with Crippen LogP contribution in [0.5, 0.6) is 0 Å². The zero-order valence-electron chi connectivity index (χ0n) is 17.0. The van der Waals surface area contributed by atoms with Gasteiger partial charge in [0.25, 0.3) is 0 Å². The fourth-order valence-electron chi connectivity index (χ4n) is 3.03. The Kier molecular flexibility index (Phi) is 9.08. The Morgan fingerprint density at radius 1 is 1.04 bits per heavy atom. The van der Waals surface area contributed by atoms with Crippen molar-refractivity contribution in [1.29, 1.82) is 0 Å². The smallest absolute Gasteiger partial charge is 0.242 e. The molecule has 0 radical (unpaired) electrons. The summed E-state index contributed by atoms with van der Waals surface area (Å²) >= 11 is 1.67. The van der Waals surface area contributed by atoms with Crippen molar-refractivity contribution < 1.29 is 9.59 Å². The summed E-state index contributed by atoms with van der Waals surface area (Å²) in [7, 11) is 0. The quantitative estimate of drug-likeness (QED) is 0.603. The van der Waals surface area contributed by atoms with Crippen molar-refractivity contribution in [3.63, 3.8) is 0 Å². The SMILES string of the molecule is CCNC(=O)[C@@H](CC)N(Cc1ccccc1)C(=O)CCSc1ccc(C)cc1. The topological polar surface area (TPSA) is 49.4 Å². The lowest BCUT2D eigenvalue weighted by Crippen LogP contribution is -2.49. The highest BCUT2D eigenvalue weighted by molar-refractivity contribution is 7.99. The summed E-state index contributed by atoms with van der Waals surface area (Å²) in [6.07, 6.45) is 0.997. The van der Waals surface area contributed by atoms with Gasteiger partial charge in [0.15, 0.2) is 0 Å². The first-order valence-corrected chi connectivity index (χ1v) is 10.8. The number of amides is 2. The maximum Gasteiger partial charge on any atom is 0.242 e. The van der Waals surface area contributed by atoms with Gasteiger partial charge in [-0.15, -0.1) is 11.8 Å². The van der Waals surface area contributed by atoms with E-state index in [2.05, 4.69) is 36.5 Å². The van der Waals surface area contributed by atoms with Gasteiger partial charge in [0, 0.05) is 30.2 Å². The average molecular weight is 399 g/mol. The standard InChI is InChI=1S/C23H30N2O2S/c1-4-21(23(27)24-5-2)25(17-19-9-7-6-8-10-19)22(26)15-16-28-20-13-11-18(3)12-14-20/h6-14,21H,4-5,15-17H2,1-3H3,(H,24,27)/t21-/m1/s1. The first-order valence-electron chi connectivity index (χ1n) is 9.85. The number of nitrogens with zero attached hydrogens (tertiary/aromatic N) is 1. The average Bonchev–Trinajstić information content (AvgIpc) is 2.70. The third kappa shape index (κ3) is 6.71. The molecule has 0 bridgehead atoms. The van der Waals surface area contributed by atoms with Crippen LogP contribution in [0, 0.1) is 6.92 Å². The number of aryl methyl sites for hydroxylation is 1. The first-order chi connectivity index (χ1) is 13.5. The highest BCUT2D eigenvalue weighted by Crippen LogP contribution is 2.21. The molecule has 0 saturated heterocycles. The maximum absolute atomic E-state index is 13.0. The van der Waals surface area contributed by atoms with Crippen molar-refractivity contribution in [1.82, 2.24) is 10.2 Å². The van der Waals surface area contributed by atoms with Crippen LogP contribution in [0.3, 0.4) is 0 Å². The van der Waals surface area contributed by atoms with Crippen molar-refractivity contribution in [2.75, 3.05) is 12.3 Å². The molecule has 28 heavy (non-hydrogen) atoms. The number of hydrogen-bond donors (Lipinski definition) is 1. The number of likely N-dealkylation sites (N-methyl/N-ethyl adjacent to an activating group) is 1. The Balaban J connectivity index is 2.06. The van der Waals surface area contributed by atoms with E-state index in [-0.39, 0.29) is 11.8 Å². The molecule has 0 saturated carbocycles. The molecule has 4 nitrogen and oxygen atoms in total. The molecule has 0 heterocycles. The fraction of sp³-hybridized carbons (Fsp3) is 0.391. The van der Waals surface area contributed by atoms with Crippen LogP contribution < -0.4 is 5.32 Å². The summed E-state index contributed by atoms with van der Waals surface area (Å²) in [5.74, 6) is 0.626. The van der Waals surface area contributed by atoms with E-state index in [4.69, 9.17) is 0 Å². The Bertz CT molecular complexity index is 747. The molecule has 2 rings (SSSR count). The van der Waals surface area contributed by atoms with Gasteiger partial charge >= 0.3 is 0 Å². The minimum Gasteiger partial charge on any atom is -0.355 e. The molecule has 2 amide bonds. The lowest BCUT2D eigenvalue weighted by molar-refractivity contribution is -0.141. The number of thioether (sulfide) groups is 1. The van der Waals surface area contributed by atoms with E-state index >= 15 is 0 Å². The Labute approximate surface area is 172 Å². The molecule has 2 aromatic rings. The molecule has 0 aromatic heterocycles. The normalized spacial score (nSPS) is 11.7. The van der Waals surface area contributed by atoms with E-state index in [1.165, 1.54) is 5.56 Å². The van der Waals surface area contributed by atoms with Gasteiger partial charge in [0.05, 0.1) is 0 Å². The molecule has 0 aliphatic rings. The number of rotatable bonds is 10. The van der Waals surface area contributed by atoms with Crippen molar-refractivity contribution in [3.05, 3.63) is 65.7 Å². The number of hydrogen-bond acceptors (Lipinski definition) is 3. The lowest BCUT2D eigenvalue weighted by atomic mass is 10.1. The van der Waals surface area contributed by atoms with Gasteiger partial charge in [-0.1, -0.05) is 55.0 Å². The fourth-order valence-corrected chi connectivity index (χ4v) is 3.87. The van der Waals surface area contributed by atoms with Gasteiger partial charge in [-0.05, 0) is 38.0 Å². The minimum atomic E-state index is -0.447. The molecule has 150 valence electrons. The molecule has 1 atom stereocenters.